The molecule has 1 atom stereocenters. The number of ether oxygens (including phenoxy) is 2. The van der Waals surface area contributed by atoms with Crippen LogP contribution in [0.15, 0.2) is 53.6 Å². The van der Waals surface area contributed by atoms with Crippen molar-refractivity contribution in [2.45, 2.75) is 50.6 Å². The van der Waals surface area contributed by atoms with E-state index < -0.39 is 0 Å². The first-order valence-corrected chi connectivity index (χ1v) is 11.5. The largest absolute Gasteiger partial charge is 0.497 e. The maximum absolute atomic E-state index is 13.5. The number of hydrazone groups is 1. The molecule has 0 radical (unpaired) electrons. The Morgan fingerprint density at radius 3 is 2.59 bits per heavy atom. The predicted octanol–water partition coefficient (Wildman–Crippen LogP) is 4.65. The van der Waals surface area contributed by atoms with Crippen LogP contribution in [0, 0.1) is 0 Å². The molecule has 1 fully saturated rings. The lowest BCUT2D eigenvalue weighted by Gasteiger charge is -2.32. The summed E-state index contributed by atoms with van der Waals surface area (Å²) in [5.41, 5.74) is 2.83. The Bertz CT molecular complexity index is 968. The van der Waals surface area contributed by atoms with Gasteiger partial charge in [-0.05, 0) is 38.1 Å². The Kier molecular flexibility index (Phi) is 7.10. The molecule has 4 rings (SSSR count). The number of para-hydroxylation sites is 1. The maximum atomic E-state index is 13.5. The number of likely N-dealkylation sites (N-methyl/N-ethyl adjacent to an activating group) is 1. The average Bonchev–Trinajstić information content (AvgIpc) is 3.30. The van der Waals surface area contributed by atoms with Crippen molar-refractivity contribution in [1.82, 2.24) is 9.91 Å². The number of carbonyl (C=O) groups excluding carboxylic acids is 1. The highest BCUT2D eigenvalue weighted by atomic mass is 16.5. The Morgan fingerprint density at radius 2 is 1.84 bits per heavy atom. The van der Waals surface area contributed by atoms with Crippen LogP contribution in [0.1, 0.15) is 55.7 Å². The number of benzene rings is 2. The van der Waals surface area contributed by atoms with Crippen molar-refractivity contribution in [3.8, 4) is 11.5 Å². The Balaban J connectivity index is 1.62. The van der Waals surface area contributed by atoms with Gasteiger partial charge in [-0.25, -0.2) is 5.01 Å². The quantitative estimate of drug-likeness (QED) is 0.635. The molecular formula is C26H33N3O3. The Hall–Kier alpha value is -2.86. The van der Waals surface area contributed by atoms with Crippen LogP contribution in [-0.4, -0.2) is 55.4 Å². The molecule has 1 unspecified atom stereocenters. The smallest absolute Gasteiger partial charge is 0.257 e. The third kappa shape index (κ3) is 4.80. The summed E-state index contributed by atoms with van der Waals surface area (Å²) >= 11 is 0. The van der Waals surface area contributed by atoms with E-state index in [1.54, 1.807) is 19.2 Å². The summed E-state index contributed by atoms with van der Waals surface area (Å²) in [4.78, 5) is 15.7. The number of amides is 1. The maximum Gasteiger partial charge on any atom is 0.257 e. The summed E-state index contributed by atoms with van der Waals surface area (Å²) in [7, 11) is 5.39. The first-order valence-electron chi connectivity index (χ1n) is 11.5. The molecule has 2 aromatic rings. The van der Waals surface area contributed by atoms with Crippen LogP contribution < -0.4 is 9.47 Å². The molecule has 6 nitrogen and oxygen atoms in total. The second-order valence-corrected chi connectivity index (χ2v) is 8.69. The van der Waals surface area contributed by atoms with Crippen LogP contribution in [0.5, 0.6) is 11.5 Å². The van der Waals surface area contributed by atoms with Gasteiger partial charge in [-0.1, -0.05) is 49.6 Å². The first kappa shape index (κ1) is 22.3. The van der Waals surface area contributed by atoms with Crippen molar-refractivity contribution >= 4 is 11.6 Å². The Morgan fingerprint density at radius 1 is 1.06 bits per heavy atom. The van der Waals surface area contributed by atoms with E-state index in [0.717, 1.165) is 41.2 Å². The first-order chi connectivity index (χ1) is 15.6. The van der Waals surface area contributed by atoms with Crippen LogP contribution in [0.2, 0.25) is 0 Å². The van der Waals surface area contributed by atoms with Crippen molar-refractivity contribution in [2.75, 3.05) is 27.8 Å². The molecule has 1 amide bonds. The minimum atomic E-state index is -0.195. The van der Waals surface area contributed by atoms with Crippen LogP contribution in [0.25, 0.3) is 0 Å². The highest BCUT2D eigenvalue weighted by molar-refractivity contribution is 6.03. The molecule has 2 aliphatic rings. The van der Waals surface area contributed by atoms with Crippen molar-refractivity contribution in [2.24, 2.45) is 5.10 Å². The highest BCUT2D eigenvalue weighted by Gasteiger charge is 2.35. The lowest BCUT2D eigenvalue weighted by Crippen LogP contribution is -2.42. The highest BCUT2D eigenvalue weighted by Crippen LogP contribution is 2.38. The van der Waals surface area contributed by atoms with Gasteiger partial charge in [0.05, 0.1) is 32.5 Å². The minimum absolute atomic E-state index is 0.0203. The van der Waals surface area contributed by atoms with Crippen molar-refractivity contribution in [1.29, 1.82) is 0 Å². The molecule has 0 aromatic heterocycles. The molecular weight excluding hydrogens is 402 g/mol. The molecule has 0 N–H and O–H groups in total. The van der Waals surface area contributed by atoms with Gasteiger partial charge < -0.3 is 9.47 Å². The molecule has 1 aliphatic carbocycles. The number of hydrogen-bond donors (Lipinski definition) is 0. The second kappa shape index (κ2) is 10.2. The molecule has 2 aromatic carbocycles. The lowest BCUT2D eigenvalue weighted by atomic mass is 9.94. The fourth-order valence-corrected chi connectivity index (χ4v) is 4.84. The molecule has 0 spiro atoms. The van der Waals surface area contributed by atoms with Crippen molar-refractivity contribution in [3.05, 3.63) is 59.7 Å². The number of methoxy groups -OCH3 is 2. The van der Waals surface area contributed by atoms with Gasteiger partial charge in [-0.2, -0.15) is 5.10 Å². The second-order valence-electron chi connectivity index (χ2n) is 8.69. The third-order valence-electron chi connectivity index (χ3n) is 6.65. The molecule has 32 heavy (non-hydrogen) atoms. The lowest BCUT2D eigenvalue weighted by molar-refractivity contribution is -0.134. The zero-order valence-corrected chi connectivity index (χ0v) is 19.3. The summed E-state index contributed by atoms with van der Waals surface area (Å²) in [6, 6.07) is 16.0. The van der Waals surface area contributed by atoms with E-state index in [2.05, 4.69) is 11.9 Å². The van der Waals surface area contributed by atoms with Gasteiger partial charge >= 0.3 is 0 Å². The van der Waals surface area contributed by atoms with Crippen molar-refractivity contribution in [3.63, 3.8) is 0 Å². The molecule has 1 heterocycles. The van der Waals surface area contributed by atoms with Crippen LogP contribution in [-0.2, 0) is 4.79 Å². The zero-order valence-electron chi connectivity index (χ0n) is 19.3. The van der Waals surface area contributed by atoms with Gasteiger partial charge in [0.25, 0.3) is 5.91 Å². The molecule has 170 valence electrons. The number of hydrogen-bond acceptors (Lipinski definition) is 5. The predicted molar refractivity (Wildman–Crippen MR) is 126 cm³/mol. The van der Waals surface area contributed by atoms with Crippen LogP contribution >= 0.6 is 0 Å². The third-order valence-corrected chi connectivity index (χ3v) is 6.65. The average molecular weight is 436 g/mol. The van der Waals surface area contributed by atoms with E-state index in [1.165, 1.54) is 19.3 Å². The van der Waals surface area contributed by atoms with Gasteiger partial charge in [0.15, 0.2) is 0 Å². The molecule has 0 saturated heterocycles. The molecule has 1 saturated carbocycles. The Labute approximate surface area is 190 Å². The van der Waals surface area contributed by atoms with Gasteiger partial charge in [-0.15, -0.1) is 0 Å². The topological polar surface area (TPSA) is 54.4 Å². The minimum Gasteiger partial charge on any atom is -0.497 e. The van der Waals surface area contributed by atoms with E-state index in [1.807, 2.05) is 48.5 Å². The summed E-state index contributed by atoms with van der Waals surface area (Å²) in [6.07, 6.45) is 6.75. The van der Waals surface area contributed by atoms with Gasteiger partial charge in [0.1, 0.15) is 11.5 Å². The summed E-state index contributed by atoms with van der Waals surface area (Å²) in [6.45, 7) is 0.366. The van der Waals surface area contributed by atoms with E-state index in [4.69, 9.17) is 14.6 Å². The van der Waals surface area contributed by atoms with Gasteiger partial charge in [0, 0.05) is 23.6 Å². The monoisotopic (exact) mass is 435 g/mol. The number of rotatable bonds is 7. The summed E-state index contributed by atoms with van der Waals surface area (Å²) < 4.78 is 11.0. The van der Waals surface area contributed by atoms with E-state index in [9.17, 15) is 4.79 Å². The summed E-state index contributed by atoms with van der Waals surface area (Å²) in [5.74, 6) is 1.57. The molecule has 6 heteroatoms. The van der Waals surface area contributed by atoms with Gasteiger partial charge in [-0.3, -0.25) is 9.69 Å². The van der Waals surface area contributed by atoms with E-state index in [0.29, 0.717) is 19.0 Å². The molecule has 1 aliphatic heterocycles. The molecule has 0 bridgehead atoms. The number of nitrogens with zero attached hydrogens (tertiary/aromatic N) is 3. The normalized spacial score (nSPS) is 19.2. The number of carbonyl (C=O) groups is 1. The van der Waals surface area contributed by atoms with Gasteiger partial charge in [0.2, 0.25) is 0 Å². The van der Waals surface area contributed by atoms with Crippen LogP contribution in [0.3, 0.4) is 0 Å². The summed E-state index contributed by atoms with van der Waals surface area (Å²) in [5, 5.41) is 6.50. The SMILES string of the molecule is COc1cccc(C2=NN(C(=O)CN(C)C3CCCCC3)C(c3ccccc3OC)C2)c1. The fourth-order valence-electron chi connectivity index (χ4n) is 4.84. The van der Waals surface area contributed by atoms with Crippen LogP contribution in [0.4, 0.5) is 0 Å². The standard InChI is InChI=1S/C26H33N3O3/c1-28(20-11-5-4-6-12-20)18-26(30)29-24(22-14-7-8-15-25(22)32-3)17-23(27-29)19-10-9-13-21(16-19)31-2/h7-10,13-16,20,24H,4-6,11-12,17-18H2,1-3H3. The fraction of sp³-hybridized carbons (Fsp3) is 0.462. The van der Waals surface area contributed by atoms with Crippen molar-refractivity contribution < 1.29 is 14.3 Å². The van der Waals surface area contributed by atoms with E-state index >= 15 is 0 Å². The zero-order chi connectivity index (χ0) is 22.5. The van der Waals surface area contributed by atoms with E-state index in [-0.39, 0.29) is 11.9 Å².